The summed E-state index contributed by atoms with van der Waals surface area (Å²) in [7, 11) is 1.66. The van der Waals surface area contributed by atoms with Gasteiger partial charge in [-0.05, 0) is 74.7 Å². The van der Waals surface area contributed by atoms with Crippen LogP contribution in [0.1, 0.15) is 165 Å². The van der Waals surface area contributed by atoms with Crippen molar-refractivity contribution < 1.29 is 23.8 Å². The minimum Gasteiger partial charge on any atom is -0.461 e. The highest BCUT2D eigenvalue weighted by Crippen LogP contribution is 2.40. The Labute approximate surface area is 264 Å². The maximum absolute atomic E-state index is 14.4. The van der Waals surface area contributed by atoms with Gasteiger partial charge in [0.2, 0.25) is 0 Å². The van der Waals surface area contributed by atoms with Crippen LogP contribution in [0.3, 0.4) is 0 Å². The highest BCUT2D eigenvalue weighted by molar-refractivity contribution is 6.00. The van der Waals surface area contributed by atoms with Gasteiger partial charge in [-0.3, -0.25) is 9.59 Å². The van der Waals surface area contributed by atoms with Crippen molar-refractivity contribution in [3.63, 3.8) is 0 Å². The summed E-state index contributed by atoms with van der Waals surface area (Å²) < 4.78 is 18.1. The van der Waals surface area contributed by atoms with Gasteiger partial charge < -0.3 is 24.8 Å². The van der Waals surface area contributed by atoms with Crippen molar-refractivity contribution >= 4 is 11.9 Å². The lowest BCUT2D eigenvalue weighted by atomic mass is 9.76. The second kappa shape index (κ2) is 16.4. The Kier molecular flexibility index (Phi) is 14.5. The lowest BCUT2D eigenvalue weighted by Crippen LogP contribution is -2.61. The Bertz CT molecular complexity index is 782. The van der Waals surface area contributed by atoms with Crippen LogP contribution in [0.2, 0.25) is 0 Å². The van der Waals surface area contributed by atoms with Crippen molar-refractivity contribution in [2.45, 2.75) is 199 Å². The number of esters is 2. The molecule has 0 bridgehead atoms. The van der Waals surface area contributed by atoms with E-state index in [0.717, 1.165) is 19.3 Å². The van der Waals surface area contributed by atoms with Gasteiger partial charge >= 0.3 is 11.9 Å². The molecule has 2 N–H and O–H groups in total. The summed E-state index contributed by atoms with van der Waals surface area (Å²) in [6.07, 6.45) is 14.3. The van der Waals surface area contributed by atoms with Crippen LogP contribution in [0.5, 0.6) is 0 Å². The molecule has 0 spiro atoms. The number of ether oxygens (including phenoxy) is 3. The van der Waals surface area contributed by atoms with Crippen molar-refractivity contribution in [1.82, 2.24) is 10.6 Å². The molecule has 2 aliphatic heterocycles. The fourth-order valence-corrected chi connectivity index (χ4v) is 8.02. The number of piperidine rings is 2. The first-order valence-corrected chi connectivity index (χ1v) is 17.4. The normalized spacial score (nSPS) is 21.8. The number of methoxy groups -OCH3 is 1. The smallest absolute Gasteiger partial charge is 0.323 e. The molecule has 2 saturated heterocycles. The van der Waals surface area contributed by atoms with Crippen LogP contribution in [0.25, 0.3) is 0 Å². The monoisotopic (exact) mass is 609 g/mol. The summed E-state index contributed by atoms with van der Waals surface area (Å²) in [6, 6.07) is 0. The van der Waals surface area contributed by atoms with Crippen LogP contribution in [0, 0.1) is 5.41 Å². The van der Waals surface area contributed by atoms with Crippen molar-refractivity contribution in [3.05, 3.63) is 0 Å². The van der Waals surface area contributed by atoms with Crippen LogP contribution in [-0.2, 0) is 23.8 Å². The molecule has 2 fully saturated rings. The number of carbonyl (C=O) groups excluding carboxylic acids is 2. The van der Waals surface area contributed by atoms with E-state index >= 15 is 0 Å². The highest BCUT2D eigenvalue weighted by Gasteiger charge is 2.51. The van der Waals surface area contributed by atoms with E-state index in [1.165, 1.54) is 38.5 Å². The first kappa shape index (κ1) is 38.0. The van der Waals surface area contributed by atoms with E-state index in [-0.39, 0.29) is 34.4 Å². The summed E-state index contributed by atoms with van der Waals surface area (Å²) in [5, 5.41) is 7.34. The molecule has 252 valence electrons. The Hall–Kier alpha value is -1.18. The van der Waals surface area contributed by atoms with Crippen LogP contribution in [0.15, 0.2) is 0 Å². The highest BCUT2D eigenvalue weighted by atomic mass is 16.6. The summed E-state index contributed by atoms with van der Waals surface area (Å²) >= 11 is 0. The third-order valence-corrected chi connectivity index (χ3v) is 9.29. The lowest BCUT2D eigenvalue weighted by Gasteiger charge is -2.47. The van der Waals surface area contributed by atoms with E-state index < -0.39 is 17.4 Å². The van der Waals surface area contributed by atoms with Crippen LogP contribution < -0.4 is 10.6 Å². The van der Waals surface area contributed by atoms with E-state index in [1.807, 2.05) is 0 Å². The van der Waals surface area contributed by atoms with Crippen molar-refractivity contribution in [3.8, 4) is 0 Å². The average Bonchev–Trinajstić information content (AvgIpc) is 2.82. The standard InChI is InChI=1S/C36H68N2O5/c1-11-12-13-14-15-16-17-18-19-21-36(22-20-23-41-10,30(39)42-28-24-32(2,3)37-33(4,5)25-28)31(40)43-29-26-34(6,7)38-35(8,9)27-29/h28-29,37-38H,11-27H2,1-10H3. The molecule has 0 unspecified atom stereocenters. The van der Waals surface area contributed by atoms with Crippen LogP contribution in [0.4, 0.5) is 0 Å². The SMILES string of the molecule is CCCCCCCCCCCC(CCCOC)(C(=O)OC1CC(C)(C)NC(C)(C)C1)C(=O)OC1CC(C)(C)NC(C)(C)C1. The number of nitrogens with one attached hydrogen (secondary N) is 2. The zero-order valence-electron chi connectivity index (χ0n) is 29.7. The molecule has 2 rings (SSSR count). The largest absolute Gasteiger partial charge is 0.461 e. The quantitative estimate of drug-likeness (QED) is 0.0926. The molecule has 0 aromatic carbocycles. The van der Waals surface area contributed by atoms with Crippen LogP contribution in [-0.4, -0.2) is 60.0 Å². The molecule has 2 heterocycles. The Balaban J connectivity index is 2.26. The number of hydrogen-bond donors (Lipinski definition) is 2. The molecular formula is C36H68N2O5. The number of rotatable bonds is 18. The zero-order chi connectivity index (χ0) is 32.4. The van der Waals surface area contributed by atoms with Gasteiger partial charge in [-0.1, -0.05) is 64.7 Å². The Morgan fingerprint density at radius 3 is 1.33 bits per heavy atom. The first-order chi connectivity index (χ1) is 19.9. The van der Waals surface area contributed by atoms with Gasteiger partial charge in [0.1, 0.15) is 12.2 Å². The summed E-state index contributed by atoms with van der Waals surface area (Å²) in [5.74, 6) is -0.807. The molecule has 7 heteroatoms. The maximum Gasteiger partial charge on any atom is 0.323 e. The third-order valence-electron chi connectivity index (χ3n) is 9.29. The first-order valence-electron chi connectivity index (χ1n) is 17.4. The predicted octanol–water partition coefficient (Wildman–Crippen LogP) is 8.03. The van der Waals surface area contributed by atoms with Crippen molar-refractivity contribution in [1.29, 1.82) is 0 Å². The molecule has 43 heavy (non-hydrogen) atoms. The molecule has 0 atom stereocenters. The minimum absolute atomic E-state index is 0.171. The number of carbonyl (C=O) groups is 2. The molecule has 0 aromatic heterocycles. The Morgan fingerprint density at radius 2 is 0.953 bits per heavy atom. The molecule has 7 nitrogen and oxygen atoms in total. The van der Waals surface area contributed by atoms with Gasteiger partial charge in [0, 0.05) is 61.6 Å². The second-order valence-corrected chi connectivity index (χ2v) is 16.4. The van der Waals surface area contributed by atoms with E-state index in [2.05, 4.69) is 72.9 Å². The fourth-order valence-electron chi connectivity index (χ4n) is 8.02. The van der Waals surface area contributed by atoms with Crippen LogP contribution >= 0.6 is 0 Å². The lowest BCUT2D eigenvalue weighted by molar-refractivity contribution is -0.184. The molecule has 0 saturated carbocycles. The third kappa shape index (κ3) is 13.0. The Morgan fingerprint density at radius 1 is 0.605 bits per heavy atom. The van der Waals surface area contributed by atoms with Crippen molar-refractivity contribution in [2.75, 3.05) is 13.7 Å². The van der Waals surface area contributed by atoms with Gasteiger partial charge in [-0.15, -0.1) is 0 Å². The molecule has 0 aromatic rings. The minimum atomic E-state index is -1.32. The van der Waals surface area contributed by atoms with E-state index in [0.29, 0.717) is 51.6 Å². The van der Waals surface area contributed by atoms with Gasteiger partial charge in [0.25, 0.3) is 0 Å². The van der Waals surface area contributed by atoms with E-state index in [4.69, 9.17) is 14.2 Å². The number of hydrogen-bond acceptors (Lipinski definition) is 7. The van der Waals surface area contributed by atoms with E-state index in [1.54, 1.807) is 7.11 Å². The predicted molar refractivity (Wildman–Crippen MR) is 176 cm³/mol. The van der Waals surface area contributed by atoms with Crippen molar-refractivity contribution in [2.24, 2.45) is 5.41 Å². The molecule has 0 amide bonds. The van der Waals surface area contributed by atoms with Gasteiger partial charge in [-0.2, -0.15) is 0 Å². The maximum atomic E-state index is 14.4. The van der Waals surface area contributed by atoms with E-state index in [9.17, 15) is 9.59 Å². The second-order valence-electron chi connectivity index (χ2n) is 16.4. The molecule has 0 radical (unpaired) electrons. The molecular weight excluding hydrogens is 540 g/mol. The van der Waals surface area contributed by atoms with Gasteiger partial charge in [0.05, 0.1) is 0 Å². The average molecular weight is 609 g/mol. The topological polar surface area (TPSA) is 85.9 Å². The molecule has 2 aliphatic rings. The van der Waals surface area contributed by atoms with Gasteiger partial charge in [0.15, 0.2) is 5.41 Å². The zero-order valence-corrected chi connectivity index (χ0v) is 29.7. The summed E-state index contributed by atoms with van der Waals surface area (Å²) in [4.78, 5) is 28.7. The summed E-state index contributed by atoms with van der Waals surface area (Å²) in [6.45, 7) is 19.9. The fraction of sp³-hybridized carbons (Fsp3) is 0.944. The van der Waals surface area contributed by atoms with Gasteiger partial charge in [-0.25, -0.2) is 0 Å². The molecule has 0 aliphatic carbocycles. The summed E-state index contributed by atoms with van der Waals surface area (Å²) in [5.41, 5.74) is -2.01. The number of unbranched alkanes of at least 4 members (excludes halogenated alkanes) is 8.